The minimum Gasteiger partial charge on any atom is -0.308 e. The summed E-state index contributed by atoms with van der Waals surface area (Å²) in [6.07, 6.45) is 5.53. The zero-order valence-corrected chi connectivity index (χ0v) is 16.2. The van der Waals surface area contributed by atoms with Gasteiger partial charge in [-0.05, 0) is 49.6 Å². The van der Waals surface area contributed by atoms with Gasteiger partial charge in [0.15, 0.2) is 5.82 Å². The van der Waals surface area contributed by atoms with Crippen molar-refractivity contribution in [2.45, 2.75) is 19.5 Å². The molecule has 6 nitrogen and oxygen atoms in total. The number of anilines is 1. The Balaban J connectivity index is 1.58. The van der Waals surface area contributed by atoms with Crippen molar-refractivity contribution in [2.24, 2.45) is 0 Å². The van der Waals surface area contributed by atoms with Gasteiger partial charge in [0.25, 0.3) is 0 Å². The van der Waals surface area contributed by atoms with Gasteiger partial charge in [-0.25, -0.2) is 4.39 Å². The molecule has 25 heavy (non-hydrogen) atoms. The molecule has 2 aromatic heterocycles. The van der Waals surface area contributed by atoms with E-state index in [2.05, 4.69) is 47.4 Å². The molecule has 0 atom stereocenters. The van der Waals surface area contributed by atoms with E-state index in [1.807, 2.05) is 0 Å². The van der Waals surface area contributed by atoms with Gasteiger partial charge in [-0.3, -0.25) is 14.2 Å². The predicted octanol–water partition coefficient (Wildman–Crippen LogP) is 3.82. The Morgan fingerprint density at radius 3 is 2.60 bits per heavy atom. The topological polar surface area (TPSA) is 64.7 Å². The molecule has 0 aliphatic rings. The third-order valence-corrected chi connectivity index (χ3v) is 4.39. The molecule has 9 heteroatoms. The lowest BCUT2D eigenvalue weighted by Crippen LogP contribution is -2.15. The maximum absolute atomic E-state index is 12.9. The fourth-order valence-corrected chi connectivity index (χ4v) is 2.95. The van der Waals surface area contributed by atoms with E-state index in [-0.39, 0.29) is 18.1 Å². The fourth-order valence-electron chi connectivity index (χ4n) is 2.21. The lowest BCUT2D eigenvalue weighted by molar-refractivity contribution is -0.116. The van der Waals surface area contributed by atoms with Crippen LogP contribution in [0.15, 0.2) is 51.8 Å². The minimum absolute atomic E-state index is 0.153. The summed E-state index contributed by atoms with van der Waals surface area (Å²) < 4.78 is 17.9. The van der Waals surface area contributed by atoms with Crippen molar-refractivity contribution < 1.29 is 9.18 Å². The monoisotopic (exact) mass is 469 g/mol. The van der Waals surface area contributed by atoms with Gasteiger partial charge in [-0.1, -0.05) is 12.1 Å². The van der Waals surface area contributed by atoms with Gasteiger partial charge in [-0.2, -0.15) is 10.2 Å². The van der Waals surface area contributed by atoms with Crippen LogP contribution in [-0.4, -0.2) is 25.5 Å². The summed E-state index contributed by atoms with van der Waals surface area (Å²) in [7, 11) is 0. The average molecular weight is 471 g/mol. The highest BCUT2D eigenvalue weighted by Crippen LogP contribution is 2.21. The van der Waals surface area contributed by atoms with Gasteiger partial charge in [0, 0.05) is 25.4 Å². The maximum Gasteiger partial charge on any atom is 0.227 e. The molecule has 0 saturated carbocycles. The summed E-state index contributed by atoms with van der Waals surface area (Å²) >= 11 is 6.70. The molecular formula is C16H14Br2FN5O. The molecule has 0 aliphatic heterocycles. The third-order valence-electron chi connectivity index (χ3n) is 3.40. The van der Waals surface area contributed by atoms with Gasteiger partial charge in [0.2, 0.25) is 5.91 Å². The van der Waals surface area contributed by atoms with Crippen LogP contribution >= 0.6 is 31.9 Å². The molecule has 0 spiro atoms. The molecule has 0 aliphatic carbocycles. The first-order valence-electron chi connectivity index (χ1n) is 7.45. The highest BCUT2D eigenvalue weighted by atomic mass is 79.9. The van der Waals surface area contributed by atoms with Gasteiger partial charge in [0.1, 0.15) is 5.82 Å². The average Bonchev–Trinajstić information content (AvgIpc) is 3.14. The fraction of sp³-hybridized carbons (Fsp3) is 0.188. The third kappa shape index (κ3) is 4.99. The Hall–Kier alpha value is -2.00. The molecule has 1 N–H and O–H groups in total. The van der Waals surface area contributed by atoms with Gasteiger partial charge < -0.3 is 5.32 Å². The molecule has 0 fully saturated rings. The Morgan fingerprint density at radius 2 is 1.92 bits per heavy atom. The summed E-state index contributed by atoms with van der Waals surface area (Å²) in [5.41, 5.74) is 0.915. The van der Waals surface area contributed by atoms with Crippen LogP contribution in [0.3, 0.4) is 0 Å². The predicted molar refractivity (Wildman–Crippen MR) is 98.6 cm³/mol. The van der Waals surface area contributed by atoms with E-state index in [0.29, 0.717) is 23.4 Å². The first kappa shape index (κ1) is 17.8. The zero-order valence-electron chi connectivity index (χ0n) is 13.0. The number of aromatic nitrogens is 4. The molecular weight excluding hydrogens is 457 g/mol. The number of carbonyl (C=O) groups excluding carboxylic acids is 1. The number of nitrogens with one attached hydrogen (secondary N) is 1. The van der Waals surface area contributed by atoms with E-state index in [1.54, 1.807) is 40.1 Å². The van der Waals surface area contributed by atoms with Crippen LogP contribution in [0.25, 0.3) is 0 Å². The van der Waals surface area contributed by atoms with E-state index in [1.165, 1.54) is 12.1 Å². The summed E-state index contributed by atoms with van der Waals surface area (Å²) in [5, 5.41) is 11.2. The number of hydrogen-bond acceptors (Lipinski definition) is 3. The Kier molecular flexibility index (Phi) is 5.64. The van der Waals surface area contributed by atoms with Crippen molar-refractivity contribution in [3.05, 3.63) is 63.2 Å². The number of hydrogen-bond donors (Lipinski definition) is 1. The van der Waals surface area contributed by atoms with Crippen molar-refractivity contribution in [3.63, 3.8) is 0 Å². The summed E-state index contributed by atoms with van der Waals surface area (Å²) in [6, 6.07) is 6.21. The number of nitrogens with zero attached hydrogens (tertiary/aromatic N) is 4. The molecule has 0 unspecified atom stereocenters. The lowest BCUT2D eigenvalue weighted by atomic mass is 10.2. The maximum atomic E-state index is 12.9. The van der Waals surface area contributed by atoms with Crippen molar-refractivity contribution in [3.8, 4) is 0 Å². The smallest absolute Gasteiger partial charge is 0.227 e. The molecule has 0 radical (unpaired) electrons. The van der Waals surface area contributed by atoms with E-state index >= 15 is 0 Å². The Morgan fingerprint density at radius 1 is 1.16 bits per heavy atom. The molecule has 3 rings (SSSR count). The summed E-state index contributed by atoms with van der Waals surface area (Å²) in [5.74, 6) is 0.0238. The van der Waals surface area contributed by atoms with Crippen LogP contribution in [0.5, 0.6) is 0 Å². The second-order valence-electron chi connectivity index (χ2n) is 5.37. The molecule has 3 aromatic rings. The first-order chi connectivity index (χ1) is 12.0. The number of benzene rings is 1. The Labute approximate surface area is 160 Å². The SMILES string of the molecule is O=C(CCn1cc(Br)cn1)Nc1nn(Cc2ccc(F)cc2)cc1Br. The molecule has 2 heterocycles. The molecule has 130 valence electrons. The molecule has 1 aromatic carbocycles. The van der Waals surface area contributed by atoms with Crippen LogP contribution in [0.2, 0.25) is 0 Å². The van der Waals surface area contributed by atoms with E-state index in [9.17, 15) is 9.18 Å². The second kappa shape index (κ2) is 7.92. The van der Waals surface area contributed by atoms with Crippen molar-refractivity contribution in [1.82, 2.24) is 19.6 Å². The zero-order chi connectivity index (χ0) is 17.8. The number of halogens is 3. The number of carbonyl (C=O) groups is 1. The van der Waals surface area contributed by atoms with Crippen LogP contribution in [0, 0.1) is 5.82 Å². The Bertz CT molecular complexity index is 875. The van der Waals surface area contributed by atoms with Crippen LogP contribution < -0.4 is 5.32 Å². The van der Waals surface area contributed by atoms with Crippen LogP contribution in [0.4, 0.5) is 10.2 Å². The molecule has 0 bridgehead atoms. The number of amides is 1. The van der Waals surface area contributed by atoms with Crippen LogP contribution in [0.1, 0.15) is 12.0 Å². The van der Waals surface area contributed by atoms with E-state index < -0.39 is 0 Å². The van der Waals surface area contributed by atoms with Crippen molar-refractivity contribution >= 4 is 43.6 Å². The van der Waals surface area contributed by atoms with Gasteiger partial charge >= 0.3 is 0 Å². The van der Waals surface area contributed by atoms with E-state index in [4.69, 9.17) is 0 Å². The standard InChI is InChI=1S/C16H14Br2FN5O/c17-12-7-20-23(9-12)6-5-15(25)21-16-14(18)10-24(22-16)8-11-1-3-13(19)4-2-11/h1-4,7,9-10H,5-6,8H2,(H,21,22,25). The molecule has 1 amide bonds. The van der Waals surface area contributed by atoms with Gasteiger partial charge in [0.05, 0.1) is 21.7 Å². The van der Waals surface area contributed by atoms with Crippen LogP contribution in [-0.2, 0) is 17.9 Å². The van der Waals surface area contributed by atoms with Crippen molar-refractivity contribution in [1.29, 1.82) is 0 Å². The number of aryl methyl sites for hydroxylation is 1. The van der Waals surface area contributed by atoms with E-state index in [0.717, 1.165) is 10.0 Å². The summed E-state index contributed by atoms with van der Waals surface area (Å²) in [4.78, 5) is 12.1. The molecule has 0 saturated heterocycles. The largest absolute Gasteiger partial charge is 0.308 e. The first-order valence-corrected chi connectivity index (χ1v) is 9.03. The lowest BCUT2D eigenvalue weighted by Gasteiger charge is -2.04. The van der Waals surface area contributed by atoms with Crippen molar-refractivity contribution in [2.75, 3.05) is 5.32 Å². The number of rotatable bonds is 6. The van der Waals surface area contributed by atoms with Gasteiger partial charge in [-0.15, -0.1) is 0 Å². The highest BCUT2D eigenvalue weighted by molar-refractivity contribution is 9.10. The quantitative estimate of drug-likeness (QED) is 0.595. The summed E-state index contributed by atoms with van der Waals surface area (Å²) in [6.45, 7) is 0.960. The highest BCUT2D eigenvalue weighted by Gasteiger charge is 2.11. The second-order valence-corrected chi connectivity index (χ2v) is 7.14. The normalized spacial score (nSPS) is 10.8. The minimum atomic E-state index is -0.275.